The van der Waals surface area contributed by atoms with Crippen LogP contribution in [0.15, 0.2) is 16.9 Å². The van der Waals surface area contributed by atoms with Crippen LogP contribution in [0.25, 0.3) is 11.1 Å². The average Bonchev–Trinajstić information content (AvgIpc) is 2.83. The van der Waals surface area contributed by atoms with Crippen LogP contribution >= 0.6 is 0 Å². The van der Waals surface area contributed by atoms with E-state index in [4.69, 9.17) is 14.3 Å². The summed E-state index contributed by atoms with van der Waals surface area (Å²) >= 11 is 0. The molecule has 0 spiro atoms. The summed E-state index contributed by atoms with van der Waals surface area (Å²) < 4.78 is 13.9. The molecule has 158 valence electrons. The fourth-order valence-corrected chi connectivity index (χ4v) is 3.96. The number of aromatic nitrogens is 2. The Bertz CT molecular complexity index is 960. The van der Waals surface area contributed by atoms with Gasteiger partial charge in [0.05, 0.1) is 26.8 Å². The van der Waals surface area contributed by atoms with Crippen LogP contribution in [0.2, 0.25) is 0 Å². The summed E-state index contributed by atoms with van der Waals surface area (Å²) in [5.74, 6) is 0.230. The van der Waals surface area contributed by atoms with Crippen molar-refractivity contribution in [1.29, 1.82) is 0 Å². The predicted molar refractivity (Wildman–Crippen MR) is 109 cm³/mol. The lowest BCUT2D eigenvalue weighted by Crippen LogP contribution is -2.27. The third-order valence-electron chi connectivity index (χ3n) is 5.20. The van der Waals surface area contributed by atoms with Gasteiger partial charge in [-0.05, 0) is 43.9 Å². The molecule has 3 rings (SSSR count). The molecule has 0 unspecified atom stereocenters. The van der Waals surface area contributed by atoms with Crippen LogP contribution < -0.4 is 10.3 Å². The van der Waals surface area contributed by atoms with Crippen molar-refractivity contribution in [1.82, 2.24) is 14.4 Å². The van der Waals surface area contributed by atoms with Crippen molar-refractivity contribution in [3.05, 3.63) is 39.2 Å². The second-order valence-electron chi connectivity index (χ2n) is 7.10. The first-order valence-corrected chi connectivity index (χ1v) is 9.98. The van der Waals surface area contributed by atoms with E-state index in [9.17, 15) is 9.59 Å². The lowest BCUT2D eigenvalue weighted by atomic mass is 9.93. The van der Waals surface area contributed by atoms with E-state index in [0.29, 0.717) is 31.7 Å². The van der Waals surface area contributed by atoms with Gasteiger partial charge in [0.25, 0.3) is 5.56 Å². The fourth-order valence-electron chi connectivity index (χ4n) is 3.96. The van der Waals surface area contributed by atoms with Crippen molar-refractivity contribution < 1.29 is 19.1 Å². The Morgan fingerprint density at radius 1 is 1.03 bits per heavy atom. The average molecular weight is 403 g/mol. The Hall–Kier alpha value is -2.58. The zero-order valence-electron chi connectivity index (χ0n) is 17.8. The smallest absolute Gasteiger partial charge is 0.434 e. The molecule has 0 saturated heterocycles. The Labute approximate surface area is 170 Å². The van der Waals surface area contributed by atoms with Crippen LogP contribution in [0.3, 0.4) is 0 Å². The molecule has 0 atom stereocenters. The molecule has 2 heterocycles. The predicted octanol–water partition coefficient (Wildman–Crippen LogP) is 2.91. The quantitative estimate of drug-likeness (QED) is 0.715. The summed E-state index contributed by atoms with van der Waals surface area (Å²) in [6.45, 7) is 9.98. The lowest BCUT2D eigenvalue weighted by Gasteiger charge is -2.16. The summed E-state index contributed by atoms with van der Waals surface area (Å²) in [5.41, 5.74) is 4.23. The summed E-state index contributed by atoms with van der Waals surface area (Å²) in [4.78, 5) is 31.0. The van der Waals surface area contributed by atoms with E-state index in [1.165, 1.54) is 0 Å². The number of ether oxygens (including phenoxy) is 2. The van der Waals surface area contributed by atoms with Gasteiger partial charge in [0.2, 0.25) is 5.88 Å². The number of fused-ring (bicyclic) bond motifs is 1. The van der Waals surface area contributed by atoms with Gasteiger partial charge in [0.15, 0.2) is 0 Å². The third kappa shape index (κ3) is 4.09. The van der Waals surface area contributed by atoms with E-state index in [-0.39, 0.29) is 18.0 Å². The highest BCUT2D eigenvalue weighted by atomic mass is 16.7. The fraction of sp³-hybridized carbons (Fsp3) is 0.524. The Balaban J connectivity index is 2.23. The molecular formula is C21H29N3O5. The first-order valence-electron chi connectivity index (χ1n) is 9.98. The molecule has 0 bridgehead atoms. The minimum absolute atomic E-state index is 0.177. The van der Waals surface area contributed by atoms with Crippen molar-refractivity contribution >= 4 is 6.16 Å². The maximum atomic E-state index is 13.5. The van der Waals surface area contributed by atoms with Crippen molar-refractivity contribution in [2.75, 3.05) is 26.8 Å². The van der Waals surface area contributed by atoms with Crippen molar-refractivity contribution in [2.24, 2.45) is 0 Å². The van der Waals surface area contributed by atoms with Crippen molar-refractivity contribution in [2.45, 2.75) is 47.2 Å². The van der Waals surface area contributed by atoms with E-state index in [2.05, 4.69) is 13.0 Å². The van der Waals surface area contributed by atoms with Gasteiger partial charge in [-0.25, -0.2) is 14.2 Å². The minimum Gasteiger partial charge on any atom is -0.434 e. The second kappa shape index (κ2) is 8.84. The van der Waals surface area contributed by atoms with E-state index < -0.39 is 6.16 Å². The molecule has 1 aliphatic heterocycles. The molecule has 8 heteroatoms. The minimum atomic E-state index is -0.815. The second-order valence-corrected chi connectivity index (χ2v) is 7.10. The topological polar surface area (TPSA) is 74.9 Å². The molecule has 0 radical (unpaired) electrons. The highest BCUT2D eigenvalue weighted by molar-refractivity contribution is 5.77. The van der Waals surface area contributed by atoms with Gasteiger partial charge in [0, 0.05) is 13.1 Å². The maximum absolute atomic E-state index is 13.5. The number of hydroxylamine groups is 2. The molecule has 29 heavy (non-hydrogen) atoms. The van der Waals surface area contributed by atoms with Crippen LogP contribution in [-0.2, 0) is 29.1 Å². The molecule has 0 aliphatic carbocycles. The molecule has 0 N–H and O–H groups in total. The first kappa shape index (κ1) is 21.1. The lowest BCUT2D eigenvalue weighted by molar-refractivity contribution is -0.130. The number of carbonyl (C=O) groups is 1. The first-order chi connectivity index (χ1) is 13.9. The Morgan fingerprint density at radius 2 is 1.72 bits per heavy atom. The monoisotopic (exact) mass is 403 g/mol. The summed E-state index contributed by atoms with van der Waals surface area (Å²) in [5, 5.41) is 1.78. The zero-order chi connectivity index (χ0) is 21.1. The number of hydrogen-bond donors (Lipinski definition) is 0. The number of rotatable bonds is 5. The largest absolute Gasteiger partial charge is 0.515 e. The standard InChI is InChI=1S/C21H29N3O5/c1-6-16-13-14(3)12-15(4)17(16)18-19(25)23-10-8-22(27-5)9-11-24(23)20(18)29-21(26)28-7-2/h12-13H,6-11H2,1-5H3. The zero-order valence-corrected chi connectivity index (χ0v) is 17.8. The molecule has 0 amide bonds. The van der Waals surface area contributed by atoms with Crippen LogP contribution in [-0.4, -0.2) is 47.4 Å². The number of hydrogen-bond acceptors (Lipinski definition) is 6. The van der Waals surface area contributed by atoms with Gasteiger partial charge in [-0.15, -0.1) is 0 Å². The summed E-state index contributed by atoms with van der Waals surface area (Å²) in [6.07, 6.45) is -0.0519. The number of carbonyl (C=O) groups excluding carboxylic acids is 1. The number of aryl methyl sites for hydroxylation is 3. The molecule has 8 nitrogen and oxygen atoms in total. The molecule has 0 fully saturated rings. The van der Waals surface area contributed by atoms with Crippen LogP contribution in [0, 0.1) is 13.8 Å². The van der Waals surface area contributed by atoms with Crippen LogP contribution in [0.1, 0.15) is 30.5 Å². The van der Waals surface area contributed by atoms with Crippen LogP contribution in [0.4, 0.5) is 4.79 Å². The molecule has 2 aromatic rings. The van der Waals surface area contributed by atoms with Gasteiger partial charge in [0.1, 0.15) is 5.56 Å². The molecular weight excluding hydrogens is 374 g/mol. The van der Waals surface area contributed by atoms with Crippen molar-refractivity contribution in [3.8, 4) is 17.0 Å². The van der Waals surface area contributed by atoms with Gasteiger partial charge >= 0.3 is 6.16 Å². The molecule has 0 saturated carbocycles. The van der Waals surface area contributed by atoms with Gasteiger partial charge in [-0.1, -0.05) is 24.6 Å². The highest BCUT2D eigenvalue weighted by Gasteiger charge is 2.29. The van der Waals surface area contributed by atoms with Crippen molar-refractivity contribution in [3.63, 3.8) is 0 Å². The highest BCUT2D eigenvalue weighted by Crippen LogP contribution is 2.35. The van der Waals surface area contributed by atoms with Gasteiger partial charge in [-0.2, -0.15) is 5.06 Å². The van der Waals surface area contributed by atoms with Gasteiger partial charge < -0.3 is 14.3 Å². The Kier molecular flexibility index (Phi) is 6.44. The van der Waals surface area contributed by atoms with E-state index in [1.54, 1.807) is 28.5 Å². The van der Waals surface area contributed by atoms with E-state index >= 15 is 0 Å². The number of nitrogens with zero attached hydrogens (tertiary/aromatic N) is 3. The number of benzene rings is 1. The molecule has 1 aromatic heterocycles. The van der Waals surface area contributed by atoms with Crippen LogP contribution in [0.5, 0.6) is 5.88 Å². The summed E-state index contributed by atoms with van der Waals surface area (Å²) in [7, 11) is 1.61. The Morgan fingerprint density at radius 3 is 2.34 bits per heavy atom. The molecule has 1 aromatic carbocycles. The SMILES string of the molecule is CCOC(=O)Oc1c(-c2c(C)cc(C)cc2CC)c(=O)n2n1CCN(OC)CC2. The normalized spacial score (nSPS) is 14.4. The molecule has 1 aliphatic rings. The third-order valence-corrected chi connectivity index (χ3v) is 5.20. The van der Waals surface area contributed by atoms with E-state index in [1.807, 2.05) is 19.9 Å². The van der Waals surface area contributed by atoms with Gasteiger partial charge in [-0.3, -0.25) is 4.79 Å². The summed E-state index contributed by atoms with van der Waals surface area (Å²) in [6, 6.07) is 4.12. The van der Waals surface area contributed by atoms with E-state index in [0.717, 1.165) is 28.7 Å². The maximum Gasteiger partial charge on any atom is 0.515 e.